The predicted octanol–water partition coefficient (Wildman–Crippen LogP) is 1.91. The summed E-state index contributed by atoms with van der Waals surface area (Å²) in [5.41, 5.74) is 7.38. The first-order valence-corrected chi connectivity index (χ1v) is 6.76. The molecule has 9 heteroatoms. The number of nitrogens with one attached hydrogen (secondary N) is 1. The van der Waals surface area contributed by atoms with Crippen molar-refractivity contribution in [2.45, 2.75) is 12.8 Å². The number of H-pyrrole nitrogens is 1. The fraction of sp³-hybridized carbons (Fsp3) is 0.167. The number of hydrogen-bond acceptors (Lipinski definition) is 7. The van der Waals surface area contributed by atoms with Gasteiger partial charge in [-0.25, -0.2) is 0 Å². The molecule has 0 aliphatic carbocycles. The van der Waals surface area contributed by atoms with E-state index < -0.39 is 10.8 Å². The molecular formula is C12H9N5O3S. The van der Waals surface area contributed by atoms with Crippen LogP contribution in [0.1, 0.15) is 22.1 Å². The number of nitrogens with zero attached hydrogens (tertiary/aromatic N) is 3. The molecule has 3 N–H and O–H groups in total. The standard InChI is InChI=1S/C12H9N5O3S/c1-5-9-10(8-2-6(4-21-8)17(18)19)7(3-13)11(14)20-12(9)16-15-5/h2,4,10H,14H2,1H3,(H,15,16). The Morgan fingerprint density at radius 2 is 2.43 bits per heavy atom. The zero-order chi connectivity index (χ0) is 15.1. The van der Waals surface area contributed by atoms with E-state index in [1.54, 1.807) is 6.92 Å². The van der Waals surface area contributed by atoms with Gasteiger partial charge in [0.15, 0.2) is 0 Å². The second-order valence-electron chi connectivity index (χ2n) is 4.46. The molecule has 0 fully saturated rings. The number of rotatable bonds is 2. The minimum atomic E-state index is -0.504. The number of hydrogen-bond donors (Lipinski definition) is 2. The third-order valence-electron chi connectivity index (χ3n) is 3.23. The van der Waals surface area contributed by atoms with Crippen molar-refractivity contribution in [2.75, 3.05) is 0 Å². The van der Waals surface area contributed by atoms with Gasteiger partial charge in [-0.05, 0) is 6.92 Å². The van der Waals surface area contributed by atoms with Gasteiger partial charge in [-0.2, -0.15) is 5.26 Å². The maximum absolute atomic E-state index is 10.8. The van der Waals surface area contributed by atoms with E-state index in [1.807, 2.05) is 6.07 Å². The lowest BCUT2D eigenvalue weighted by Crippen LogP contribution is -2.20. The van der Waals surface area contributed by atoms with Crippen LogP contribution in [0.25, 0.3) is 0 Å². The van der Waals surface area contributed by atoms with Crippen LogP contribution in [-0.2, 0) is 0 Å². The van der Waals surface area contributed by atoms with Crippen molar-refractivity contribution in [1.29, 1.82) is 5.26 Å². The highest BCUT2D eigenvalue weighted by atomic mass is 32.1. The Hall–Kier alpha value is -2.86. The highest BCUT2D eigenvalue weighted by molar-refractivity contribution is 7.10. The predicted molar refractivity (Wildman–Crippen MR) is 73.6 cm³/mol. The maximum atomic E-state index is 10.8. The molecule has 1 aliphatic rings. The summed E-state index contributed by atoms with van der Waals surface area (Å²) in [6.45, 7) is 1.79. The molecule has 2 aromatic heterocycles. The van der Waals surface area contributed by atoms with Gasteiger partial charge in [-0.15, -0.1) is 16.4 Å². The van der Waals surface area contributed by atoms with Gasteiger partial charge in [0.05, 0.1) is 21.8 Å². The van der Waals surface area contributed by atoms with E-state index in [-0.39, 0.29) is 17.1 Å². The summed E-state index contributed by atoms with van der Waals surface area (Å²) in [7, 11) is 0. The SMILES string of the molecule is Cc1[nH]nc2c1C(c1cc([N+](=O)[O-])cs1)C(C#N)=C(N)O2. The molecule has 0 saturated carbocycles. The number of aromatic amines is 1. The molecule has 8 nitrogen and oxygen atoms in total. The Morgan fingerprint density at radius 3 is 3.05 bits per heavy atom. The summed E-state index contributed by atoms with van der Waals surface area (Å²) in [6.07, 6.45) is 0. The van der Waals surface area contributed by atoms with Crippen LogP contribution in [-0.4, -0.2) is 15.1 Å². The van der Waals surface area contributed by atoms with Crippen LogP contribution >= 0.6 is 11.3 Å². The number of nitriles is 1. The highest BCUT2D eigenvalue weighted by Gasteiger charge is 2.35. The van der Waals surface area contributed by atoms with E-state index in [0.717, 1.165) is 5.69 Å². The van der Waals surface area contributed by atoms with Crippen molar-refractivity contribution >= 4 is 17.0 Å². The molecule has 0 saturated heterocycles. The zero-order valence-corrected chi connectivity index (χ0v) is 11.6. The van der Waals surface area contributed by atoms with E-state index in [0.29, 0.717) is 16.3 Å². The average Bonchev–Trinajstić information content (AvgIpc) is 3.05. The van der Waals surface area contributed by atoms with E-state index in [1.165, 1.54) is 22.8 Å². The summed E-state index contributed by atoms with van der Waals surface area (Å²) >= 11 is 1.20. The normalized spacial score (nSPS) is 17.0. The molecule has 0 spiro atoms. The van der Waals surface area contributed by atoms with E-state index in [4.69, 9.17) is 10.5 Å². The largest absolute Gasteiger partial charge is 0.420 e. The average molecular weight is 303 g/mol. The Morgan fingerprint density at radius 1 is 1.67 bits per heavy atom. The minimum absolute atomic E-state index is 0.0138. The summed E-state index contributed by atoms with van der Waals surface area (Å²) in [6, 6.07) is 3.47. The van der Waals surface area contributed by atoms with Gasteiger partial charge in [-0.3, -0.25) is 15.2 Å². The third kappa shape index (κ3) is 1.93. The van der Waals surface area contributed by atoms with Gasteiger partial charge in [-0.1, -0.05) is 0 Å². The number of ether oxygens (including phenoxy) is 1. The van der Waals surface area contributed by atoms with Gasteiger partial charge >= 0.3 is 0 Å². The van der Waals surface area contributed by atoms with E-state index in [2.05, 4.69) is 10.2 Å². The summed E-state index contributed by atoms with van der Waals surface area (Å²) in [5, 5.41) is 28.4. The number of nitrogens with two attached hydrogens (primary N) is 1. The van der Waals surface area contributed by atoms with Crippen LogP contribution in [0.15, 0.2) is 22.9 Å². The third-order valence-corrected chi connectivity index (χ3v) is 4.22. The van der Waals surface area contributed by atoms with Crippen molar-refractivity contribution in [2.24, 2.45) is 5.73 Å². The van der Waals surface area contributed by atoms with Crippen LogP contribution < -0.4 is 10.5 Å². The quantitative estimate of drug-likeness (QED) is 0.643. The Bertz CT molecular complexity index is 813. The fourth-order valence-corrected chi connectivity index (χ4v) is 3.24. The lowest BCUT2D eigenvalue weighted by Gasteiger charge is -2.21. The molecule has 0 radical (unpaired) electrons. The molecule has 21 heavy (non-hydrogen) atoms. The molecule has 3 heterocycles. The lowest BCUT2D eigenvalue weighted by atomic mass is 9.89. The number of fused-ring (bicyclic) bond motifs is 1. The number of aryl methyl sites for hydroxylation is 1. The second-order valence-corrected chi connectivity index (χ2v) is 5.40. The number of allylic oxidation sites excluding steroid dienone is 1. The van der Waals surface area contributed by atoms with Crippen LogP contribution in [0.4, 0.5) is 5.69 Å². The zero-order valence-electron chi connectivity index (χ0n) is 10.8. The van der Waals surface area contributed by atoms with E-state index in [9.17, 15) is 15.4 Å². The molecule has 1 atom stereocenters. The minimum Gasteiger partial charge on any atom is -0.420 e. The first-order valence-electron chi connectivity index (χ1n) is 5.88. The number of aromatic nitrogens is 2. The molecule has 0 bridgehead atoms. The van der Waals surface area contributed by atoms with Crippen molar-refractivity contribution in [3.05, 3.63) is 49.2 Å². The first-order chi connectivity index (χ1) is 10.0. The van der Waals surface area contributed by atoms with Crippen LogP contribution in [0, 0.1) is 28.4 Å². The highest BCUT2D eigenvalue weighted by Crippen LogP contribution is 2.45. The van der Waals surface area contributed by atoms with Gasteiger partial charge in [0, 0.05) is 16.6 Å². The molecule has 0 aromatic carbocycles. The molecule has 2 aromatic rings. The lowest BCUT2D eigenvalue weighted by molar-refractivity contribution is -0.384. The number of nitro groups is 1. The molecule has 1 unspecified atom stereocenters. The van der Waals surface area contributed by atoms with Crippen molar-refractivity contribution in [1.82, 2.24) is 10.2 Å². The summed E-state index contributed by atoms with van der Waals surface area (Å²) in [4.78, 5) is 11.0. The molecule has 3 rings (SSSR count). The monoisotopic (exact) mass is 303 g/mol. The molecule has 1 aliphatic heterocycles. The fourth-order valence-electron chi connectivity index (χ4n) is 2.27. The molecule has 0 amide bonds. The van der Waals surface area contributed by atoms with E-state index >= 15 is 0 Å². The Labute approximate surface area is 122 Å². The van der Waals surface area contributed by atoms with Crippen molar-refractivity contribution in [3.8, 4) is 11.9 Å². The molecular weight excluding hydrogens is 294 g/mol. The summed E-state index contributed by atoms with van der Waals surface area (Å²) < 4.78 is 5.33. The smallest absolute Gasteiger partial charge is 0.280 e. The first kappa shape index (κ1) is 13.1. The van der Waals surface area contributed by atoms with Gasteiger partial charge in [0.25, 0.3) is 5.69 Å². The van der Waals surface area contributed by atoms with Crippen molar-refractivity contribution < 1.29 is 9.66 Å². The van der Waals surface area contributed by atoms with Gasteiger partial charge in [0.2, 0.25) is 11.8 Å². The van der Waals surface area contributed by atoms with Crippen LogP contribution in [0.3, 0.4) is 0 Å². The van der Waals surface area contributed by atoms with Gasteiger partial charge in [0.1, 0.15) is 11.6 Å². The maximum Gasteiger partial charge on any atom is 0.280 e. The van der Waals surface area contributed by atoms with Crippen LogP contribution in [0.5, 0.6) is 5.88 Å². The van der Waals surface area contributed by atoms with Crippen LogP contribution in [0.2, 0.25) is 0 Å². The Kier molecular flexibility index (Phi) is 2.88. The topological polar surface area (TPSA) is 131 Å². The van der Waals surface area contributed by atoms with Crippen molar-refractivity contribution in [3.63, 3.8) is 0 Å². The molecule has 106 valence electrons. The summed E-state index contributed by atoms with van der Waals surface area (Å²) in [5.74, 6) is -0.237. The van der Waals surface area contributed by atoms with Gasteiger partial charge < -0.3 is 10.5 Å². The second kappa shape index (κ2) is 4.60. The number of thiophene rings is 1. The Balaban J connectivity index is 2.19.